The van der Waals surface area contributed by atoms with E-state index in [4.69, 9.17) is 11.6 Å². The summed E-state index contributed by atoms with van der Waals surface area (Å²) in [6, 6.07) is 3.26. The molecule has 0 aromatic heterocycles. The lowest BCUT2D eigenvalue weighted by atomic mass is 10.2. The molecular formula is C11H12ClF2NO. The number of rotatable bonds is 5. The van der Waals surface area contributed by atoms with E-state index < -0.39 is 11.6 Å². The molecule has 5 heteroatoms. The highest BCUT2D eigenvalue weighted by atomic mass is 35.5. The zero-order chi connectivity index (χ0) is 12.0. The Morgan fingerprint density at radius 3 is 2.75 bits per heavy atom. The second-order valence-corrected chi connectivity index (χ2v) is 3.68. The normalized spacial score (nSPS) is 10.2. The van der Waals surface area contributed by atoms with Gasteiger partial charge in [0.25, 0.3) is 0 Å². The largest absolute Gasteiger partial charge is 0.352 e. The standard InChI is InChI=1S/C11H12ClF2NO/c12-5-1-2-11(16)15-7-8-3-4-9(13)6-10(8)14/h3-4,6H,1-2,5,7H2,(H,15,16). The number of nitrogens with one attached hydrogen (secondary N) is 1. The molecule has 16 heavy (non-hydrogen) atoms. The maximum absolute atomic E-state index is 13.1. The van der Waals surface area contributed by atoms with Gasteiger partial charge in [-0.1, -0.05) is 6.07 Å². The van der Waals surface area contributed by atoms with E-state index in [0.29, 0.717) is 18.7 Å². The predicted molar refractivity (Wildman–Crippen MR) is 58.2 cm³/mol. The van der Waals surface area contributed by atoms with Gasteiger partial charge >= 0.3 is 0 Å². The van der Waals surface area contributed by atoms with E-state index in [0.717, 1.165) is 12.1 Å². The molecule has 1 rings (SSSR count). The van der Waals surface area contributed by atoms with Gasteiger partial charge in [0, 0.05) is 30.5 Å². The number of amides is 1. The molecule has 1 aromatic carbocycles. The number of hydrogen-bond acceptors (Lipinski definition) is 1. The lowest BCUT2D eigenvalue weighted by Gasteiger charge is -2.05. The van der Waals surface area contributed by atoms with E-state index in [1.54, 1.807) is 0 Å². The van der Waals surface area contributed by atoms with Crippen molar-refractivity contribution in [1.82, 2.24) is 5.32 Å². The van der Waals surface area contributed by atoms with E-state index >= 15 is 0 Å². The first-order chi connectivity index (χ1) is 7.63. The van der Waals surface area contributed by atoms with Gasteiger partial charge in [-0.05, 0) is 12.5 Å². The lowest BCUT2D eigenvalue weighted by Crippen LogP contribution is -2.23. The minimum Gasteiger partial charge on any atom is -0.352 e. The number of halogens is 3. The van der Waals surface area contributed by atoms with E-state index in [2.05, 4.69) is 5.32 Å². The van der Waals surface area contributed by atoms with Crippen molar-refractivity contribution in [2.24, 2.45) is 0 Å². The maximum Gasteiger partial charge on any atom is 0.220 e. The van der Waals surface area contributed by atoms with Gasteiger partial charge in [0.15, 0.2) is 0 Å². The van der Waals surface area contributed by atoms with Crippen LogP contribution in [0.25, 0.3) is 0 Å². The molecule has 0 aliphatic carbocycles. The third-order valence-electron chi connectivity index (χ3n) is 2.03. The Kier molecular flexibility index (Phi) is 5.19. The molecule has 88 valence electrons. The van der Waals surface area contributed by atoms with Gasteiger partial charge in [-0.25, -0.2) is 8.78 Å². The molecule has 1 aromatic rings. The third-order valence-corrected chi connectivity index (χ3v) is 2.30. The zero-order valence-electron chi connectivity index (χ0n) is 8.60. The number of benzene rings is 1. The van der Waals surface area contributed by atoms with Crippen LogP contribution >= 0.6 is 11.6 Å². The lowest BCUT2D eigenvalue weighted by molar-refractivity contribution is -0.121. The molecule has 1 N–H and O–H groups in total. The van der Waals surface area contributed by atoms with Crippen molar-refractivity contribution in [2.45, 2.75) is 19.4 Å². The molecule has 0 radical (unpaired) electrons. The third kappa shape index (κ3) is 4.14. The Morgan fingerprint density at radius 1 is 1.38 bits per heavy atom. The Labute approximate surface area is 97.6 Å². The van der Waals surface area contributed by atoms with E-state index in [-0.39, 0.29) is 18.0 Å². The SMILES string of the molecule is O=C(CCCCl)NCc1ccc(F)cc1F. The predicted octanol–water partition coefficient (Wildman–Crippen LogP) is 2.60. The molecule has 0 bridgehead atoms. The van der Waals surface area contributed by atoms with Gasteiger partial charge < -0.3 is 5.32 Å². The zero-order valence-corrected chi connectivity index (χ0v) is 9.36. The van der Waals surface area contributed by atoms with Crippen LogP contribution in [-0.2, 0) is 11.3 Å². The summed E-state index contributed by atoms with van der Waals surface area (Å²) in [4.78, 5) is 11.2. The van der Waals surface area contributed by atoms with Gasteiger partial charge in [-0.3, -0.25) is 4.79 Å². The Bertz CT molecular complexity index is 371. The summed E-state index contributed by atoms with van der Waals surface area (Å²) in [5.74, 6) is -1.06. The smallest absolute Gasteiger partial charge is 0.220 e. The van der Waals surface area contributed by atoms with Gasteiger partial charge in [-0.15, -0.1) is 11.6 Å². The average Bonchev–Trinajstić information content (AvgIpc) is 2.25. The van der Waals surface area contributed by atoms with Gasteiger partial charge in [-0.2, -0.15) is 0 Å². The summed E-state index contributed by atoms with van der Waals surface area (Å²) < 4.78 is 25.7. The molecule has 0 aliphatic rings. The summed E-state index contributed by atoms with van der Waals surface area (Å²) in [6.07, 6.45) is 0.894. The van der Waals surface area contributed by atoms with Crippen LogP contribution in [0.3, 0.4) is 0 Å². The summed E-state index contributed by atoms with van der Waals surface area (Å²) in [6.45, 7) is 0.0627. The van der Waals surface area contributed by atoms with Gasteiger partial charge in [0.2, 0.25) is 5.91 Å². The fraction of sp³-hybridized carbons (Fsp3) is 0.364. The van der Waals surface area contributed by atoms with Crippen LogP contribution in [0.2, 0.25) is 0 Å². The summed E-state index contributed by atoms with van der Waals surface area (Å²) in [5, 5.41) is 2.53. The van der Waals surface area contributed by atoms with Gasteiger partial charge in [0.1, 0.15) is 11.6 Å². The summed E-state index contributed by atoms with van der Waals surface area (Å²) >= 11 is 5.42. The first-order valence-corrected chi connectivity index (χ1v) is 5.43. The van der Waals surface area contributed by atoms with Crippen molar-refractivity contribution in [2.75, 3.05) is 5.88 Å². The van der Waals surface area contributed by atoms with E-state index in [1.807, 2.05) is 0 Å². The Morgan fingerprint density at radius 2 is 2.12 bits per heavy atom. The molecule has 1 amide bonds. The summed E-state index contributed by atoms with van der Waals surface area (Å²) in [5.41, 5.74) is 0.264. The Balaban J connectivity index is 2.45. The molecule has 2 nitrogen and oxygen atoms in total. The topological polar surface area (TPSA) is 29.1 Å². The minimum absolute atomic E-state index is 0.0627. The van der Waals surface area contributed by atoms with Crippen LogP contribution in [0.15, 0.2) is 18.2 Å². The number of alkyl halides is 1. The van der Waals surface area contributed by atoms with Crippen molar-refractivity contribution in [3.8, 4) is 0 Å². The van der Waals surface area contributed by atoms with Crippen molar-refractivity contribution >= 4 is 17.5 Å². The fourth-order valence-corrected chi connectivity index (χ4v) is 1.31. The number of carbonyl (C=O) groups is 1. The van der Waals surface area contributed by atoms with Crippen LogP contribution in [-0.4, -0.2) is 11.8 Å². The molecule has 0 atom stereocenters. The van der Waals surface area contributed by atoms with Crippen LogP contribution in [0.1, 0.15) is 18.4 Å². The van der Waals surface area contributed by atoms with E-state index in [1.165, 1.54) is 6.07 Å². The van der Waals surface area contributed by atoms with Crippen LogP contribution in [0, 0.1) is 11.6 Å². The van der Waals surface area contributed by atoms with Crippen molar-refractivity contribution in [3.05, 3.63) is 35.4 Å². The second-order valence-electron chi connectivity index (χ2n) is 3.30. The van der Waals surface area contributed by atoms with E-state index in [9.17, 15) is 13.6 Å². The quantitative estimate of drug-likeness (QED) is 0.797. The summed E-state index contributed by atoms with van der Waals surface area (Å²) in [7, 11) is 0. The molecule has 0 unspecified atom stereocenters. The highest BCUT2D eigenvalue weighted by molar-refractivity contribution is 6.17. The minimum atomic E-state index is -0.655. The van der Waals surface area contributed by atoms with Crippen molar-refractivity contribution in [3.63, 3.8) is 0 Å². The maximum atomic E-state index is 13.1. The van der Waals surface area contributed by atoms with Crippen molar-refractivity contribution < 1.29 is 13.6 Å². The second kappa shape index (κ2) is 6.43. The van der Waals surface area contributed by atoms with Gasteiger partial charge in [0.05, 0.1) is 0 Å². The highest BCUT2D eigenvalue weighted by Gasteiger charge is 2.05. The molecule has 0 saturated carbocycles. The number of hydrogen-bond donors (Lipinski definition) is 1. The molecular weight excluding hydrogens is 236 g/mol. The molecule has 0 spiro atoms. The molecule has 0 aliphatic heterocycles. The molecule has 0 fully saturated rings. The average molecular weight is 248 g/mol. The first-order valence-electron chi connectivity index (χ1n) is 4.90. The molecule has 0 heterocycles. The fourth-order valence-electron chi connectivity index (χ4n) is 1.17. The monoisotopic (exact) mass is 247 g/mol. The number of carbonyl (C=O) groups excluding carboxylic acids is 1. The van der Waals surface area contributed by atoms with Crippen molar-refractivity contribution in [1.29, 1.82) is 0 Å². The molecule has 0 saturated heterocycles. The van der Waals surface area contributed by atoms with Crippen LogP contribution < -0.4 is 5.32 Å². The highest BCUT2D eigenvalue weighted by Crippen LogP contribution is 2.09. The van der Waals surface area contributed by atoms with Crippen LogP contribution in [0.4, 0.5) is 8.78 Å². The first kappa shape index (κ1) is 12.9. The Hall–Kier alpha value is -1.16. The van der Waals surface area contributed by atoms with Crippen LogP contribution in [0.5, 0.6) is 0 Å².